The highest BCUT2D eigenvalue weighted by Crippen LogP contribution is 2.42. The second-order valence-electron chi connectivity index (χ2n) is 9.30. The van der Waals surface area contributed by atoms with Crippen LogP contribution in [0.3, 0.4) is 0 Å². The maximum atomic E-state index is 12.8. The largest absolute Gasteiger partial charge is 0.481 e. The summed E-state index contributed by atoms with van der Waals surface area (Å²) < 4.78 is 0. The molecule has 0 radical (unpaired) electrons. The predicted octanol–water partition coefficient (Wildman–Crippen LogP) is 6.44. The molecular weight excluding hydrogens is 426 g/mol. The van der Waals surface area contributed by atoms with E-state index in [0.717, 1.165) is 35.1 Å². The summed E-state index contributed by atoms with van der Waals surface area (Å²) in [6.45, 7) is 4.00. The monoisotopic (exact) mass is 455 g/mol. The molecular formula is C29H29NO4. The van der Waals surface area contributed by atoms with Gasteiger partial charge in [0.1, 0.15) is 0 Å². The van der Waals surface area contributed by atoms with Crippen LogP contribution >= 0.6 is 0 Å². The Labute approximate surface area is 199 Å². The van der Waals surface area contributed by atoms with Crippen LogP contribution in [0.1, 0.15) is 63.9 Å². The summed E-state index contributed by atoms with van der Waals surface area (Å²) in [6.07, 6.45) is 2.91. The summed E-state index contributed by atoms with van der Waals surface area (Å²) in [5.74, 6) is -1.14. The van der Waals surface area contributed by atoms with E-state index in [9.17, 15) is 19.5 Å². The Morgan fingerprint density at radius 1 is 0.794 bits per heavy atom. The Morgan fingerprint density at radius 2 is 1.35 bits per heavy atom. The number of aliphatic carboxylic acids is 1. The van der Waals surface area contributed by atoms with Crippen molar-refractivity contribution < 1.29 is 19.5 Å². The van der Waals surface area contributed by atoms with Gasteiger partial charge in [-0.2, -0.15) is 0 Å². The van der Waals surface area contributed by atoms with Gasteiger partial charge in [-0.1, -0.05) is 55.3 Å². The third-order valence-corrected chi connectivity index (χ3v) is 6.97. The number of hydrogen-bond acceptors (Lipinski definition) is 3. The van der Waals surface area contributed by atoms with E-state index in [4.69, 9.17) is 0 Å². The molecule has 1 aliphatic carbocycles. The predicted molar refractivity (Wildman–Crippen MR) is 133 cm³/mol. The van der Waals surface area contributed by atoms with E-state index < -0.39 is 11.4 Å². The van der Waals surface area contributed by atoms with Gasteiger partial charge in [0.25, 0.3) is 5.91 Å². The van der Waals surface area contributed by atoms with Crippen LogP contribution in [-0.4, -0.2) is 22.8 Å². The number of nitrogens with one attached hydrogen (secondary N) is 1. The molecule has 1 aliphatic rings. The second-order valence-corrected chi connectivity index (χ2v) is 9.30. The number of carboxylic acid groups (broad SMARTS) is 1. The number of Topliss-reactive ketones (excluding diaryl/α,β-unsaturated/α-hetero) is 1. The first-order valence-electron chi connectivity index (χ1n) is 11.6. The minimum atomic E-state index is -0.909. The van der Waals surface area contributed by atoms with Crippen molar-refractivity contribution in [2.24, 2.45) is 5.41 Å². The molecule has 3 aromatic carbocycles. The average Bonchev–Trinajstić information content (AvgIpc) is 3.31. The molecule has 5 heteroatoms. The van der Waals surface area contributed by atoms with Crippen LogP contribution < -0.4 is 5.32 Å². The Bertz CT molecular complexity index is 1220. The van der Waals surface area contributed by atoms with E-state index in [0.29, 0.717) is 29.7 Å². The molecule has 4 rings (SSSR count). The highest BCUT2D eigenvalue weighted by molar-refractivity contribution is 6.04. The zero-order chi connectivity index (χ0) is 24.3. The molecule has 1 fully saturated rings. The summed E-state index contributed by atoms with van der Waals surface area (Å²) in [6, 6.07) is 20.5. The van der Waals surface area contributed by atoms with Gasteiger partial charge in [-0.3, -0.25) is 14.4 Å². The van der Waals surface area contributed by atoms with Gasteiger partial charge in [0.2, 0.25) is 0 Å². The number of amides is 1. The number of aryl methyl sites for hydroxylation is 2. The summed E-state index contributed by atoms with van der Waals surface area (Å²) >= 11 is 0. The van der Waals surface area contributed by atoms with E-state index in [1.807, 2.05) is 68.4 Å². The standard InChI is InChI=1S/C29H29NO4/c1-19-5-6-24(17-20(19)2)27(32)30-25-13-11-22(12-14-25)21-7-9-23(10-8-21)26(31)18-29(28(33)34)15-3-4-16-29/h5-14,17H,3-4,15-16,18H2,1-2H3,(H,30,32)(H,33,34). The molecule has 0 aromatic heterocycles. The van der Waals surface area contributed by atoms with E-state index in [-0.39, 0.29) is 18.1 Å². The van der Waals surface area contributed by atoms with E-state index in [1.54, 1.807) is 12.1 Å². The normalized spacial score (nSPS) is 14.5. The molecule has 0 atom stereocenters. The number of hydrogen-bond donors (Lipinski definition) is 2. The van der Waals surface area contributed by atoms with Crippen molar-refractivity contribution in [1.82, 2.24) is 0 Å². The van der Waals surface area contributed by atoms with Crippen LogP contribution in [0.25, 0.3) is 11.1 Å². The number of benzene rings is 3. The molecule has 0 spiro atoms. The fourth-order valence-corrected chi connectivity index (χ4v) is 4.61. The molecule has 0 heterocycles. The van der Waals surface area contributed by atoms with Gasteiger partial charge in [-0.15, -0.1) is 0 Å². The van der Waals surface area contributed by atoms with Crippen LogP contribution in [0.5, 0.6) is 0 Å². The lowest BCUT2D eigenvalue weighted by atomic mass is 9.80. The first-order chi connectivity index (χ1) is 16.3. The smallest absolute Gasteiger partial charge is 0.310 e. The molecule has 0 bridgehead atoms. The van der Waals surface area contributed by atoms with E-state index in [1.165, 1.54) is 0 Å². The van der Waals surface area contributed by atoms with Crippen LogP contribution in [0.2, 0.25) is 0 Å². The van der Waals surface area contributed by atoms with Crippen molar-refractivity contribution in [2.45, 2.75) is 46.0 Å². The Kier molecular flexibility index (Phi) is 6.64. The molecule has 0 aliphatic heterocycles. The van der Waals surface area contributed by atoms with Gasteiger partial charge in [0.15, 0.2) is 5.78 Å². The van der Waals surface area contributed by atoms with Crippen LogP contribution in [-0.2, 0) is 4.79 Å². The van der Waals surface area contributed by atoms with Gasteiger partial charge in [0.05, 0.1) is 5.41 Å². The number of carbonyl (C=O) groups is 3. The number of rotatable bonds is 7. The van der Waals surface area contributed by atoms with Gasteiger partial charge in [0, 0.05) is 23.2 Å². The SMILES string of the molecule is Cc1ccc(C(=O)Nc2ccc(-c3ccc(C(=O)CC4(C(=O)O)CCCC4)cc3)cc2)cc1C. The van der Waals surface area contributed by atoms with E-state index in [2.05, 4.69) is 5.32 Å². The molecule has 174 valence electrons. The maximum absolute atomic E-state index is 12.8. The van der Waals surface area contributed by atoms with Gasteiger partial charge >= 0.3 is 5.97 Å². The van der Waals surface area contributed by atoms with Crippen LogP contribution in [0.4, 0.5) is 5.69 Å². The highest BCUT2D eigenvalue weighted by atomic mass is 16.4. The van der Waals surface area contributed by atoms with Gasteiger partial charge < -0.3 is 10.4 Å². The molecule has 1 saturated carbocycles. The maximum Gasteiger partial charge on any atom is 0.310 e. The second kappa shape index (κ2) is 9.64. The lowest BCUT2D eigenvalue weighted by Crippen LogP contribution is -2.30. The van der Waals surface area contributed by atoms with Crippen molar-refractivity contribution in [3.63, 3.8) is 0 Å². The van der Waals surface area contributed by atoms with Crippen LogP contribution in [0, 0.1) is 19.3 Å². The Balaban J connectivity index is 1.42. The Hall–Kier alpha value is -3.73. The van der Waals surface area contributed by atoms with Crippen LogP contribution in [0.15, 0.2) is 66.7 Å². The molecule has 34 heavy (non-hydrogen) atoms. The summed E-state index contributed by atoms with van der Waals surface area (Å²) in [4.78, 5) is 37.1. The number of anilines is 1. The minimum absolute atomic E-state index is 0.0522. The molecule has 0 unspecified atom stereocenters. The third-order valence-electron chi connectivity index (χ3n) is 6.97. The lowest BCUT2D eigenvalue weighted by molar-refractivity contribution is -0.148. The fraction of sp³-hybridized carbons (Fsp3) is 0.276. The quantitative estimate of drug-likeness (QED) is 0.402. The summed E-state index contributed by atoms with van der Waals surface area (Å²) in [5, 5.41) is 12.6. The molecule has 0 saturated heterocycles. The zero-order valence-corrected chi connectivity index (χ0v) is 19.6. The number of carbonyl (C=O) groups excluding carboxylic acids is 2. The van der Waals surface area contributed by atoms with Crippen molar-refractivity contribution >= 4 is 23.3 Å². The molecule has 5 nitrogen and oxygen atoms in total. The zero-order valence-electron chi connectivity index (χ0n) is 19.6. The number of carboxylic acids is 1. The van der Waals surface area contributed by atoms with Crippen molar-refractivity contribution in [3.8, 4) is 11.1 Å². The van der Waals surface area contributed by atoms with E-state index >= 15 is 0 Å². The molecule has 3 aromatic rings. The first kappa shape index (κ1) is 23.4. The number of ketones is 1. The van der Waals surface area contributed by atoms with Gasteiger partial charge in [-0.05, 0) is 73.2 Å². The summed E-state index contributed by atoms with van der Waals surface area (Å²) in [5.41, 5.74) is 5.07. The fourth-order valence-electron chi connectivity index (χ4n) is 4.61. The van der Waals surface area contributed by atoms with Crippen molar-refractivity contribution in [3.05, 3.63) is 89.0 Å². The van der Waals surface area contributed by atoms with Gasteiger partial charge in [-0.25, -0.2) is 0 Å². The summed E-state index contributed by atoms with van der Waals surface area (Å²) in [7, 11) is 0. The van der Waals surface area contributed by atoms with Crippen molar-refractivity contribution in [2.75, 3.05) is 5.32 Å². The molecule has 2 N–H and O–H groups in total. The topological polar surface area (TPSA) is 83.5 Å². The average molecular weight is 456 g/mol. The third kappa shape index (κ3) is 4.93. The van der Waals surface area contributed by atoms with Crippen molar-refractivity contribution in [1.29, 1.82) is 0 Å². The highest BCUT2D eigenvalue weighted by Gasteiger charge is 2.42. The molecule has 1 amide bonds. The minimum Gasteiger partial charge on any atom is -0.481 e. The lowest BCUT2D eigenvalue weighted by Gasteiger charge is -2.22. The first-order valence-corrected chi connectivity index (χ1v) is 11.6. The Morgan fingerprint density at radius 3 is 1.91 bits per heavy atom.